The van der Waals surface area contributed by atoms with Crippen molar-refractivity contribution in [2.45, 2.75) is 52.4 Å². The summed E-state index contributed by atoms with van der Waals surface area (Å²) >= 11 is 0. The summed E-state index contributed by atoms with van der Waals surface area (Å²) in [5, 5.41) is 25.7. The molecule has 0 aromatic heterocycles. The molecule has 21 heavy (non-hydrogen) atoms. The minimum absolute atomic E-state index is 0.0741. The number of aliphatic hydroxyl groups is 1. The van der Waals surface area contributed by atoms with Gasteiger partial charge in [-0.1, -0.05) is 46.0 Å². The fourth-order valence-electron chi connectivity index (χ4n) is 1.80. The number of rotatable bonds is 8. The predicted octanol–water partition coefficient (Wildman–Crippen LogP) is 4.07. The van der Waals surface area contributed by atoms with E-state index in [-0.39, 0.29) is 11.3 Å². The molecule has 0 bridgehead atoms. The van der Waals surface area contributed by atoms with E-state index in [1.54, 1.807) is 0 Å². The number of hydrogen-bond acceptors (Lipinski definition) is 3. The van der Waals surface area contributed by atoms with Crippen molar-refractivity contribution in [3.05, 3.63) is 29.8 Å². The first-order valence-electron chi connectivity index (χ1n) is 7.60. The summed E-state index contributed by atoms with van der Waals surface area (Å²) in [4.78, 5) is 10.2. The van der Waals surface area contributed by atoms with Gasteiger partial charge in [0.05, 0.1) is 5.56 Å². The molecule has 1 rings (SSSR count). The molecule has 0 spiro atoms. The van der Waals surface area contributed by atoms with Crippen molar-refractivity contribution in [1.82, 2.24) is 0 Å². The molecule has 0 radical (unpaired) electrons. The van der Waals surface area contributed by atoms with Crippen molar-refractivity contribution in [1.29, 1.82) is 0 Å². The van der Waals surface area contributed by atoms with Gasteiger partial charge in [0.25, 0.3) is 0 Å². The first-order chi connectivity index (χ1) is 9.97. The second-order valence-corrected chi connectivity index (χ2v) is 5.53. The van der Waals surface area contributed by atoms with E-state index in [4.69, 9.17) is 15.3 Å². The van der Waals surface area contributed by atoms with E-state index < -0.39 is 5.97 Å². The van der Waals surface area contributed by atoms with E-state index in [9.17, 15) is 4.79 Å². The maximum atomic E-state index is 10.2. The van der Waals surface area contributed by atoms with Crippen LogP contribution in [0.15, 0.2) is 24.3 Å². The number of carboxylic acid groups (broad SMARTS) is 1. The lowest BCUT2D eigenvalue weighted by Gasteiger charge is -2.03. The van der Waals surface area contributed by atoms with Crippen LogP contribution >= 0.6 is 0 Å². The van der Waals surface area contributed by atoms with Crippen LogP contribution in [0.4, 0.5) is 0 Å². The number of aliphatic hydroxyl groups excluding tert-OH is 1. The van der Waals surface area contributed by atoms with Crippen molar-refractivity contribution in [3.63, 3.8) is 0 Å². The summed E-state index contributed by atoms with van der Waals surface area (Å²) < 4.78 is 0. The highest BCUT2D eigenvalue weighted by atomic mass is 16.4. The Bertz CT molecular complexity index is 371. The van der Waals surface area contributed by atoms with Crippen molar-refractivity contribution < 1.29 is 20.1 Å². The Labute approximate surface area is 127 Å². The molecule has 0 aliphatic carbocycles. The summed E-state index contributed by atoms with van der Waals surface area (Å²) in [5.74, 6) is -0.0576. The molecule has 4 nitrogen and oxygen atoms in total. The molecule has 4 heteroatoms. The molecule has 0 amide bonds. The number of phenols is 1. The second kappa shape index (κ2) is 12.2. The standard InChI is InChI=1S/C10H22O.C7H6O3/c1-10(2)8-6-4-3-5-7-9-11;8-6-3-1-5(2-4-6)7(9)10/h10-11H,3-9H2,1-2H3;1-4,8H,(H,9,10). The van der Waals surface area contributed by atoms with Crippen LogP contribution in [-0.2, 0) is 0 Å². The van der Waals surface area contributed by atoms with Gasteiger partial charge in [-0.3, -0.25) is 0 Å². The SMILES string of the molecule is CC(C)CCCCCCCO.O=C(O)c1ccc(O)cc1. The van der Waals surface area contributed by atoms with Crippen LogP contribution in [0.3, 0.4) is 0 Å². The van der Waals surface area contributed by atoms with E-state index in [2.05, 4.69) is 13.8 Å². The van der Waals surface area contributed by atoms with E-state index in [0.29, 0.717) is 6.61 Å². The minimum Gasteiger partial charge on any atom is -0.508 e. The van der Waals surface area contributed by atoms with E-state index in [0.717, 1.165) is 12.3 Å². The lowest BCUT2D eigenvalue weighted by atomic mass is 10.0. The fraction of sp³-hybridized carbons (Fsp3) is 0.588. The summed E-state index contributed by atoms with van der Waals surface area (Å²) in [7, 11) is 0. The predicted molar refractivity (Wildman–Crippen MR) is 84.7 cm³/mol. The Morgan fingerprint density at radius 1 is 1.00 bits per heavy atom. The number of unbranched alkanes of at least 4 members (excludes halogenated alkanes) is 4. The van der Waals surface area contributed by atoms with Gasteiger partial charge in [0, 0.05) is 6.61 Å². The third-order valence-electron chi connectivity index (χ3n) is 3.05. The molecule has 0 fully saturated rings. The van der Waals surface area contributed by atoms with Crippen LogP contribution in [0, 0.1) is 5.92 Å². The Kier molecular flexibility index (Phi) is 11.3. The van der Waals surface area contributed by atoms with Crippen LogP contribution in [0.5, 0.6) is 5.75 Å². The highest BCUT2D eigenvalue weighted by molar-refractivity contribution is 5.87. The Hall–Kier alpha value is -1.55. The Morgan fingerprint density at radius 3 is 2.00 bits per heavy atom. The maximum Gasteiger partial charge on any atom is 0.335 e. The first kappa shape index (κ1) is 19.4. The highest BCUT2D eigenvalue weighted by Gasteiger charge is 1.99. The second-order valence-electron chi connectivity index (χ2n) is 5.53. The van der Waals surface area contributed by atoms with Crippen molar-refractivity contribution in [2.24, 2.45) is 5.92 Å². The quantitative estimate of drug-likeness (QED) is 0.632. The van der Waals surface area contributed by atoms with Gasteiger partial charge in [0.2, 0.25) is 0 Å². The van der Waals surface area contributed by atoms with Gasteiger partial charge in [-0.2, -0.15) is 0 Å². The van der Waals surface area contributed by atoms with E-state index in [1.807, 2.05) is 0 Å². The molecule has 1 aromatic rings. The normalized spacial score (nSPS) is 10.1. The van der Waals surface area contributed by atoms with Crippen LogP contribution in [0.2, 0.25) is 0 Å². The number of hydrogen-bond donors (Lipinski definition) is 3. The first-order valence-corrected chi connectivity index (χ1v) is 7.60. The Balaban J connectivity index is 0.000000382. The summed E-state index contributed by atoms with van der Waals surface area (Å²) in [5.41, 5.74) is 0.179. The third kappa shape index (κ3) is 11.9. The molecule has 0 aliphatic heterocycles. The summed E-state index contributed by atoms with van der Waals surface area (Å²) in [6.07, 6.45) is 7.56. The van der Waals surface area contributed by atoms with Crippen molar-refractivity contribution in [3.8, 4) is 5.75 Å². The molecule has 0 heterocycles. The van der Waals surface area contributed by atoms with Gasteiger partial charge in [0.15, 0.2) is 0 Å². The molecule has 0 aliphatic rings. The number of benzene rings is 1. The molecule has 0 saturated heterocycles. The zero-order chi connectivity index (χ0) is 16.1. The van der Waals surface area contributed by atoms with E-state index in [1.165, 1.54) is 56.4 Å². The molecule has 0 atom stereocenters. The summed E-state index contributed by atoms with van der Waals surface area (Å²) in [6, 6.07) is 5.36. The average Bonchev–Trinajstić information content (AvgIpc) is 2.43. The lowest BCUT2D eigenvalue weighted by molar-refractivity contribution is 0.0697. The van der Waals surface area contributed by atoms with Gasteiger partial charge in [-0.05, 0) is 36.6 Å². The number of carbonyl (C=O) groups is 1. The van der Waals surface area contributed by atoms with Crippen LogP contribution in [0.1, 0.15) is 62.7 Å². The molecule has 3 N–H and O–H groups in total. The molecular weight excluding hydrogens is 268 g/mol. The molecule has 120 valence electrons. The number of aromatic hydroxyl groups is 1. The number of phenolic OH excluding ortho intramolecular Hbond substituents is 1. The molecule has 1 aromatic carbocycles. The zero-order valence-electron chi connectivity index (χ0n) is 13.1. The molecule has 0 unspecified atom stereocenters. The van der Waals surface area contributed by atoms with Crippen LogP contribution in [-0.4, -0.2) is 27.9 Å². The van der Waals surface area contributed by atoms with Gasteiger partial charge in [-0.15, -0.1) is 0 Å². The number of aromatic carboxylic acids is 1. The topological polar surface area (TPSA) is 77.8 Å². The monoisotopic (exact) mass is 296 g/mol. The smallest absolute Gasteiger partial charge is 0.335 e. The van der Waals surface area contributed by atoms with Crippen molar-refractivity contribution in [2.75, 3.05) is 6.61 Å². The highest BCUT2D eigenvalue weighted by Crippen LogP contribution is 2.10. The van der Waals surface area contributed by atoms with E-state index >= 15 is 0 Å². The third-order valence-corrected chi connectivity index (χ3v) is 3.05. The van der Waals surface area contributed by atoms with Crippen LogP contribution in [0.25, 0.3) is 0 Å². The average molecular weight is 296 g/mol. The van der Waals surface area contributed by atoms with Gasteiger partial charge < -0.3 is 15.3 Å². The van der Waals surface area contributed by atoms with Gasteiger partial charge in [0.1, 0.15) is 5.75 Å². The largest absolute Gasteiger partial charge is 0.508 e. The fourth-order valence-corrected chi connectivity index (χ4v) is 1.80. The van der Waals surface area contributed by atoms with Crippen molar-refractivity contribution >= 4 is 5.97 Å². The zero-order valence-corrected chi connectivity index (χ0v) is 13.1. The maximum absolute atomic E-state index is 10.2. The van der Waals surface area contributed by atoms with Gasteiger partial charge >= 0.3 is 5.97 Å². The van der Waals surface area contributed by atoms with Gasteiger partial charge in [-0.25, -0.2) is 4.79 Å². The molecule has 0 saturated carbocycles. The number of carboxylic acids is 1. The minimum atomic E-state index is -0.986. The lowest BCUT2D eigenvalue weighted by Crippen LogP contribution is -1.93. The van der Waals surface area contributed by atoms with Crippen LogP contribution < -0.4 is 0 Å². The Morgan fingerprint density at radius 2 is 1.52 bits per heavy atom. The molecular formula is C17H28O4. The summed E-state index contributed by atoms with van der Waals surface area (Å²) in [6.45, 7) is 4.91.